The standard InChI is InChI=1S/C13H14BrClO3/c1-2-18-13(17)12-4-3-9(7-14)5-10(12)6-11(16)8-15/h3-5H,2,6-8H2,1H3. The van der Waals surface area contributed by atoms with Crippen LogP contribution in [0.4, 0.5) is 0 Å². The minimum Gasteiger partial charge on any atom is -0.462 e. The fourth-order valence-electron chi connectivity index (χ4n) is 1.54. The van der Waals surface area contributed by atoms with Crippen LogP contribution in [0.3, 0.4) is 0 Å². The number of ether oxygens (including phenoxy) is 1. The number of hydrogen-bond donors (Lipinski definition) is 0. The van der Waals surface area contributed by atoms with Crippen LogP contribution in [0, 0.1) is 0 Å². The van der Waals surface area contributed by atoms with Crippen LogP contribution in [0.15, 0.2) is 18.2 Å². The number of halogens is 2. The van der Waals surface area contributed by atoms with Gasteiger partial charge in [-0.1, -0.05) is 28.1 Å². The zero-order valence-corrected chi connectivity index (χ0v) is 12.4. The van der Waals surface area contributed by atoms with Gasteiger partial charge in [-0.3, -0.25) is 4.79 Å². The summed E-state index contributed by atoms with van der Waals surface area (Å²) in [5.41, 5.74) is 2.09. The molecule has 1 aromatic carbocycles. The molecule has 0 aromatic heterocycles. The fraction of sp³-hybridized carbons (Fsp3) is 0.385. The Kier molecular flexibility index (Phi) is 6.36. The summed E-state index contributed by atoms with van der Waals surface area (Å²) in [6.07, 6.45) is 0.151. The number of esters is 1. The van der Waals surface area contributed by atoms with E-state index in [2.05, 4.69) is 15.9 Å². The highest BCUT2D eigenvalue weighted by atomic mass is 79.9. The van der Waals surface area contributed by atoms with Crippen molar-refractivity contribution in [2.24, 2.45) is 0 Å². The van der Waals surface area contributed by atoms with Crippen molar-refractivity contribution < 1.29 is 14.3 Å². The highest BCUT2D eigenvalue weighted by Crippen LogP contribution is 2.17. The van der Waals surface area contributed by atoms with Gasteiger partial charge in [0.05, 0.1) is 18.1 Å². The van der Waals surface area contributed by atoms with Gasteiger partial charge >= 0.3 is 5.97 Å². The summed E-state index contributed by atoms with van der Waals surface area (Å²) in [5, 5.41) is 0.665. The Labute approximate surface area is 120 Å². The van der Waals surface area contributed by atoms with E-state index in [1.165, 1.54) is 0 Å². The second-order valence-electron chi connectivity index (χ2n) is 3.69. The molecule has 5 heteroatoms. The molecule has 0 N–H and O–H groups in total. The predicted molar refractivity (Wildman–Crippen MR) is 74.5 cm³/mol. The van der Waals surface area contributed by atoms with E-state index in [1.807, 2.05) is 12.1 Å². The molecular formula is C13H14BrClO3. The zero-order valence-electron chi connectivity index (χ0n) is 10.0. The van der Waals surface area contributed by atoms with Crippen LogP contribution in [-0.2, 0) is 21.3 Å². The number of rotatable bonds is 6. The molecule has 1 aromatic rings. The van der Waals surface area contributed by atoms with Crippen molar-refractivity contribution >= 4 is 39.3 Å². The molecule has 0 heterocycles. The molecule has 0 saturated heterocycles. The van der Waals surface area contributed by atoms with Crippen molar-refractivity contribution in [1.82, 2.24) is 0 Å². The Morgan fingerprint density at radius 3 is 2.67 bits per heavy atom. The van der Waals surface area contributed by atoms with Crippen LogP contribution in [0.25, 0.3) is 0 Å². The molecular weight excluding hydrogens is 319 g/mol. The largest absolute Gasteiger partial charge is 0.462 e. The lowest BCUT2D eigenvalue weighted by Gasteiger charge is -2.09. The van der Waals surface area contributed by atoms with Gasteiger partial charge in [-0.2, -0.15) is 0 Å². The Morgan fingerprint density at radius 1 is 1.39 bits per heavy atom. The van der Waals surface area contributed by atoms with Crippen molar-refractivity contribution in [3.63, 3.8) is 0 Å². The maximum Gasteiger partial charge on any atom is 0.338 e. The lowest BCUT2D eigenvalue weighted by molar-refractivity contribution is -0.116. The van der Waals surface area contributed by atoms with Gasteiger partial charge in [-0.05, 0) is 24.1 Å². The van der Waals surface area contributed by atoms with E-state index >= 15 is 0 Å². The van der Waals surface area contributed by atoms with E-state index in [9.17, 15) is 9.59 Å². The molecule has 0 aliphatic heterocycles. The van der Waals surface area contributed by atoms with Crippen LogP contribution in [0.5, 0.6) is 0 Å². The lowest BCUT2D eigenvalue weighted by atomic mass is 10.0. The third kappa shape index (κ3) is 4.10. The molecule has 0 aliphatic carbocycles. The van der Waals surface area contributed by atoms with Gasteiger partial charge in [0.1, 0.15) is 0 Å². The molecule has 1 rings (SSSR count). The topological polar surface area (TPSA) is 43.4 Å². The van der Waals surface area contributed by atoms with Crippen LogP contribution in [-0.4, -0.2) is 24.2 Å². The first kappa shape index (κ1) is 15.2. The average molecular weight is 334 g/mol. The van der Waals surface area contributed by atoms with Crippen LogP contribution in [0.1, 0.15) is 28.4 Å². The van der Waals surface area contributed by atoms with Gasteiger partial charge < -0.3 is 4.74 Å². The number of carbonyl (C=O) groups is 2. The lowest BCUT2D eigenvalue weighted by Crippen LogP contribution is -2.12. The molecule has 0 radical (unpaired) electrons. The van der Waals surface area contributed by atoms with Gasteiger partial charge in [0.15, 0.2) is 5.78 Å². The highest BCUT2D eigenvalue weighted by Gasteiger charge is 2.15. The van der Waals surface area contributed by atoms with E-state index in [-0.39, 0.29) is 18.1 Å². The van der Waals surface area contributed by atoms with Gasteiger partial charge in [0.2, 0.25) is 0 Å². The molecule has 0 aliphatic rings. The Bertz CT molecular complexity index is 446. The summed E-state index contributed by atoms with van der Waals surface area (Å²) in [5.74, 6) is -0.578. The number of hydrogen-bond acceptors (Lipinski definition) is 3. The minimum atomic E-state index is -0.406. The predicted octanol–water partition coefficient (Wildman–Crippen LogP) is 3.11. The maximum atomic E-state index is 11.8. The monoisotopic (exact) mass is 332 g/mol. The maximum absolute atomic E-state index is 11.8. The molecule has 98 valence electrons. The first-order valence-corrected chi connectivity index (χ1v) is 7.20. The highest BCUT2D eigenvalue weighted by molar-refractivity contribution is 9.08. The normalized spacial score (nSPS) is 10.2. The SMILES string of the molecule is CCOC(=O)c1ccc(CBr)cc1CC(=O)CCl. The van der Waals surface area contributed by atoms with Crippen LogP contribution >= 0.6 is 27.5 Å². The number of alkyl halides is 2. The molecule has 0 fully saturated rings. The number of benzene rings is 1. The average Bonchev–Trinajstić information content (AvgIpc) is 2.38. The molecule has 0 saturated carbocycles. The van der Waals surface area contributed by atoms with E-state index in [4.69, 9.17) is 16.3 Å². The van der Waals surface area contributed by atoms with Gasteiger partial charge in [0.25, 0.3) is 0 Å². The minimum absolute atomic E-state index is 0.0548. The first-order valence-electron chi connectivity index (χ1n) is 5.54. The summed E-state index contributed by atoms with van der Waals surface area (Å²) in [6, 6.07) is 5.34. The number of ketones is 1. The van der Waals surface area contributed by atoms with Crippen molar-refractivity contribution in [3.05, 3.63) is 34.9 Å². The smallest absolute Gasteiger partial charge is 0.338 e. The second kappa shape index (κ2) is 7.54. The van der Waals surface area contributed by atoms with Crippen molar-refractivity contribution in [2.45, 2.75) is 18.7 Å². The summed E-state index contributed by atoms with van der Waals surface area (Å²) >= 11 is 8.83. The Balaban J connectivity index is 3.07. The van der Waals surface area contributed by atoms with E-state index in [1.54, 1.807) is 13.0 Å². The van der Waals surface area contributed by atoms with Gasteiger partial charge in [0, 0.05) is 11.8 Å². The van der Waals surface area contributed by atoms with Gasteiger partial charge in [-0.25, -0.2) is 4.79 Å². The molecule has 3 nitrogen and oxygen atoms in total. The van der Waals surface area contributed by atoms with E-state index in [0.29, 0.717) is 23.1 Å². The van der Waals surface area contributed by atoms with Crippen molar-refractivity contribution in [3.8, 4) is 0 Å². The fourth-order valence-corrected chi connectivity index (χ4v) is 1.99. The van der Waals surface area contributed by atoms with E-state index < -0.39 is 5.97 Å². The number of Topliss-reactive ketones (excluding diaryl/α,β-unsaturated/α-hetero) is 1. The van der Waals surface area contributed by atoms with Crippen LogP contribution < -0.4 is 0 Å². The van der Waals surface area contributed by atoms with Gasteiger partial charge in [-0.15, -0.1) is 11.6 Å². The van der Waals surface area contributed by atoms with Crippen molar-refractivity contribution in [1.29, 1.82) is 0 Å². The molecule has 0 spiro atoms. The third-order valence-electron chi connectivity index (χ3n) is 2.36. The van der Waals surface area contributed by atoms with E-state index in [0.717, 1.165) is 5.56 Å². The second-order valence-corrected chi connectivity index (χ2v) is 4.52. The van der Waals surface area contributed by atoms with Crippen molar-refractivity contribution in [2.75, 3.05) is 12.5 Å². The molecule has 0 atom stereocenters. The zero-order chi connectivity index (χ0) is 13.5. The summed E-state index contributed by atoms with van der Waals surface area (Å²) in [4.78, 5) is 23.2. The molecule has 0 unspecified atom stereocenters. The summed E-state index contributed by atoms with van der Waals surface area (Å²) in [7, 11) is 0. The number of carbonyl (C=O) groups excluding carboxylic acids is 2. The Hall–Kier alpha value is -0.870. The molecule has 0 bridgehead atoms. The molecule has 0 amide bonds. The van der Waals surface area contributed by atoms with Crippen LogP contribution in [0.2, 0.25) is 0 Å². The first-order chi connectivity index (χ1) is 8.62. The summed E-state index contributed by atoms with van der Waals surface area (Å²) < 4.78 is 4.96. The Morgan fingerprint density at radius 2 is 2.11 bits per heavy atom. The third-order valence-corrected chi connectivity index (χ3v) is 3.30. The molecule has 18 heavy (non-hydrogen) atoms. The quantitative estimate of drug-likeness (QED) is 0.593. The summed E-state index contributed by atoms with van der Waals surface area (Å²) in [6.45, 7) is 2.05.